The molecular formula is C19H26IN5S. The van der Waals surface area contributed by atoms with Crippen LogP contribution < -0.4 is 15.5 Å². The Hall–Kier alpha value is -1.61. The van der Waals surface area contributed by atoms with Crippen molar-refractivity contribution < 1.29 is 0 Å². The van der Waals surface area contributed by atoms with Crippen molar-refractivity contribution in [3.05, 3.63) is 57.6 Å². The fourth-order valence-corrected chi connectivity index (χ4v) is 3.57. The predicted octanol–water partition coefficient (Wildman–Crippen LogP) is 3.62. The van der Waals surface area contributed by atoms with Gasteiger partial charge in [-0.15, -0.1) is 35.3 Å². The summed E-state index contributed by atoms with van der Waals surface area (Å²) in [5, 5.41) is 7.76. The molecule has 0 saturated carbocycles. The second kappa shape index (κ2) is 9.91. The van der Waals surface area contributed by atoms with E-state index in [1.807, 2.05) is 6.92 Å². The van der Waals surface area contributed by atoms with E-state index in [2.05, 4.69) is 68.9 Å². The van der Waals surface area contributed by atoms with Crippen LogP contribution in [-0.2, 0) is 13.1 Å². The maximum Gasteiger partial charge on any atom is 0.191 e. The smallest absolute Gasteiger partial charge is 0.191 e. The zero-order valence-electron chi connectivity index (χ0n) is 15.5. The van der Waals surface area contributed by atoms with Gasteiger partial charge in [0.1, 0.15) is 5.01 Å². The maximum atomic E-state index is 4.55. The Labute approximate surface area is 176 Å². The lowest BCUT2D eigenvalue weighted by atomic mass is 10.2. The van der Waals surface area contributed by atoms with Crippen LogP contribution in [0.2, 0.25) is 0 Å². The molecular weight excluding hydrogens is 457 g/mol. The molecule has 1 aromatic heterocycles. The van der Waals surface area contributed by atoms with Gasteiger partial charge in [0.05, 0.1) is 12.2 Å². The van der Waals surface area contributed by atoms with Crippen molar-refractivity contribution in [1.82, 2.24) is 15.6 Å². The lowest BCUT2D eigenvalue weighted by Crippen LogP contribution is -2.36. The molecule has 7 heteroatoms. The highest BCUT2D eigenvalue weighted by Gasteiger charge is 2.08. The second-order valence-electron chi connectivity index (χ2n) is 6.07. The van der Waals surface area contributed by atoms with E-state index < -0.39 is 0 Å². The molecule has 1 aliphatic heterocycles. The van der Waals surface area contributed by atoms with Crippen molar-refractivity contribution in [3.8, 4) is 0 Å². The third-order valence-electron chi connectivity index (χ3n) is 4.28. The third-order valence-corrected chi connectivity index (χ3v) is 5.36. The van der Waals surface area contributed by atoms with Gasteiger partial charge in [0.25, 0.3) is 0 Å². The van der Waals surface area contributed by atoms with Crippen LogP contribution in [0.3, 0.4) is 0 Å². The first-order valence-corrected chi connectivity index (χ1v) is 9.33. The zero-order chi connectivity index (χ0) is 17.6. The minimum Gasteiger partial charge on any atom is -0.364 e. The molecule has 2 heterocycles. The number of halogens is 1. The molecule has 0 spiro atoms. The summed E-state index contributed by atoms with van der Waals surface area (Å²) in [7, 11) is 1.79. The summed E-state index contributed by atoms with van der Waals surface area (Å²) < 4.78 is 0. The standard InChI is InChI=1S/C19H25N5S.HI/c1-14-15(2)25-18(23-14)13-22-19(20-3)21-12-16-6-8-17(9-7-16)24-10-4-5-11-24;/h4-9H,10-13H2,1-3H3,(H2,20,21,22);1H. The number of aryl methyl sites for hydroxylation is 2. The lowest BCUT2D eigenvalue weighted by molar-refractivity contribution is 0.803. The molecule has 0 saturated heterocycles. The van der Waals surface area contributed by atoms with Gasteiger partial charge in [0.2, 0.25) is 0 Å². The van der Waals surface area contributed by atoms with Gasteiger partial charge in [-0.25, -0.2) is 4.98 Å². The van der Waals surface area contributed by atoms with Crippen LogP contribution in [0.5, 0.6) is 0 Å². The average Bonchev–Trinajstić information content (AvgIpc) is 3.26. The number of nitrogens with one attached hydrogen (secondary N) is 2. The molecule has 0 aliphatic carbocycles. The minimum atomic E-state index is 0. The van der Waals surface area contributed by atoms with E-state index in [0.717, 1.165) is 36.3 Å². The molecule has 0 amide bonds. The van der Waals surface area contributed by atoms with E-state index in [1.54, 1.807) is 18.4 Å². The Morgan fingerprint density at radius 3 is 2.35 bits per heavy atom. The number of thiazole rings is 1. The van der Waals surface area contributed by atoms with Gasteiger partial charge in [0.15, 0.2) is 5.96 Å². The fraction of sp³-hybridized carbons (Fsp3) is 0.368. The van der Waals surface area contributed by atoms with Crippen molar-refractivity contribution in [2.75, 3.05) is 25.0 Å². The summed E-state index contributed by atoms with van der Waals surface area (Å²) in [6.07, 6.45) is 4.41. The van der Waals surface area contributed by atoms with Crippen LogP contribution in [-0.4, -0.2) is 31.1 Å². The highest BCUT2D eigenvalue weighted by atomic mass is 127. The number of anilines is 1. The van der Waals surface area contributed by atoms with Gasteiger partial charge in [-0.2, -0.15) is 0 Å². The number of hydrogen-bond donors (Lipinski definition) is 2. The van der Waals surface area contributed by atoms with Crippen LogP contribution in [0.15, 0.2) is 41.4 Å². The lowest BCUT2D eigenvalue weighted by Gasteiger charge is -2.18. The Balaban J connectivity index is 0.00000243. The molecule has 0 unspecified atom stereocenters. The zero-order valence-corrected chi connectivity index (χ0v) is 18.6. The Kier molecular flexibility index (Phi) is 7.89. The first kappa shape index (κ1) is 20.7. The number of hydrogen-bond acceptors (Lipinski definition) is 4. The number of benzene rings is 1. The number of nitrogens with zero attached hydrogens (tertiary/aromatic N) is 3. The Morgan fingerprint density at radius 2 is 1.77 bits per heavy atom. The van der Waals surface area contributed by atoms with E-state index in [9.17, 15) is 0 Å². The number of rotatable bonds is 5. The summed E-state index contributed by atoms with van der Waals surface area (Å²) in [4.78, 5) is 12.4. The number of aromatic nitrogens is 1. The molecule has 0 atom stereocenters. The van der Waals surface area contributed by atoms with E-state index >= 15 is 0 Å². The molecule has 2 aromatic rings. The maximum absolute atomic E-state index is 4.55. The molecule has 0 bridgehead atoms. The van der Waals surface area contributed by atoms with Crippen LogP contribution in [0.25, 0.3) is 0 Å². The van der Waals surface area contributed by atoms with Gasteiger partial charge >= 0.3 is 0 Å². The molecule has 140 valence electrons. The molecule has 0 fully saturated rings. The number of guanidine groups is 1. The fourth-order valence-electron chi connectivity index (χ4n) is 2.69. The highest BCUT2D eigenvalue weighted by Crippen LogP contribution is 2.18. The molecule has 3 rings (SSSR count). The SMILES string of the molecule is CN=C(NCc1ccc(N2CC=CC2)cc1)NCc1nc(C)c(C)s1.I. The average molecular weight is 483 g/mol. The first-order chi connectivity index (χ1) is 12.2. The molecule has 0 radical (unpaired) electrons. The van der Waals surface area contributed by atoms with Gasteiger partial charge in [-0.1, -0.05) is 24.3 Å². The van der Waals surface area contributed by atoms with Crippen LogP contribution in [0, 0.1) is 13.8 Å². The van der Waals surface area contributed by atoms with Crippen molar-refractivity contribution in [3.63, 3.8) is 0 Å². The summed E-state index contributed by atoms with van der Waals surface area (Å²) >= 11 is 1.73. The van der Waals surface area contributed by atoms with E-state index in [1.165, 1.54) is 16.1 Å². The summed E-state index contributed by atoms with van der Waals surface area (Å²) in [5.41, 5.74) is 3.61. The van der Waals surface area contributed by atoms with E-state index in [-0.39, 0.29) is 24.0 Å². The first-order valence-electron chi connectivity index (χ1n) is 8.52. The predicted molar refractivity (Wildman–Crippen MR) is 122 cm³/mol. The topological polar surface area (TPSA) is 52.6 Å². The van der Waals surface area contributed by atoms with Gasteiger partial charge in [-0.05, 0) is 31.5 Å². The van der Waals surface area contributed by atoms with Crippen molar-refractivity contribution in [1.29, 1.82) is 0 Å². The summed E-state index contributed by atoms with van der Waals surface area (Å²) in [5.74, 6) is 0.790. The Bertz CT molecular complexity index is 739. The van der Waals surface area contributed by atoms with Crippen molar-refractivity contribution in [2.45, 2.75) is 26.9 Å². The summed E-state index contributed by atoms with van der Waals surface area (Å²) in [6, 6.07) is 8.70. The summed E-state index contributed by atoms with van der Waals surface area (Å²) in [6.45, 7) is 7.59. The minimum absolute atomic E-state index is 0. The van der Waals surface area contributed by atoms with Crippen LogP contribution >= 0.6 is 35.3 Å². The van der Waals surface area contributed by atoms with Gasteiger partial charge < -0.3 is 15.5 Å². The molecule has 1 aromatic carbocycles. The molecule has 26 heavy (non-hydrogen) atoms. The normalized spacial score (nSPS) is 13.7. The van der Waals surface area contributed by atoms with Crippen molar-refractivity contribution in [2.24, 2.45) is 4.99 Å². The Morgan fingerprint density at radius 1 is 1.12 bits per heavy atom. The van der Waals surface area contributed by atoms with Gasteiger partial charge in [-0.3, -0.25) is 4.99 Å². The van der Waals surface area contributed by atoms with Crippen LogP contribution in [0.4, 0.5) is 5.69 Å². The van der Waals surface area contributed by atoms with Gasteiger partial charge in [0, 0.05) is 37.2 Å². The highest BCUT2D eigenvalue weighted by molar-refractivity contribution is 14.0. The third kappa shape index (κ3) is 5.44. The molecule has 2 N–H and O–H groups in total. The largest absolute Gasteiger partial charge is 0.364 e. The van der Waals surface area contributed by atoms with Crippen molar-refractivity contribution >= 4 is 47.0 Å². The van der Waals surface area contributed by atoms with Crippen LogP contribution in [0.1, 0.15) is 21.1 Å². The second-order valence-corrected chi connectivity index (χ2v) is 7.36. The van der Waals surface area contributed by atoms with E-state index in [0.29, 0.717) is 6.54 Å². The quantitative estimate of drug-likeness (QED) is 0.295. The molecule has 5 nitrogen and oxygen atoms in total. The molecule has 1 aliphatic rings. The monoisotopic (exact) mass is 483 g/mol. The number of aliphatic imine (C=N–C) groups is 1. The van der Waals surface area contributed by atoms with E-state index in [4.69, 9.17) is 0 Å².